The second-order valence-electron chi connectivity index (χ2n) is 14.2. The fourth-order valence-electron chi connectivity index (χ4n) is 8.20. The minimum atomic E-state index is 0.870. The van der Waals surface area contributed by atoms with Gasteiger partial charge in [0.1, 0.15) is 5.82 Å². The van der Waals surface area contributed by atoms with Crippen LogP contribution in [0.3, 0.4) is 0 Å². The van der Waals surface area contributed by atoms with E-state index in [9.17, 15) is 0 Å². The topological polar surface area (TPSA) is 30.7 Å². The van der Waals surface area contributed by atoms with Crippen molar-refractivity contribution in [3.8, 4) is 50.5 Å². The fraction of sp³-hybridized carbons (Fsp3) is 0. The van der Waals surface area contributed by atoms with Crippen LogP contribution in [0.1, 0.15) is 11.1 Å². The standard InChI is InChI=1S/C52H33N3S/c1-2-14-37(15-3-1)46-28-30-48-51(54-46)45-33-39(26-29-47(45)55(48)50-20-10-11-31-53-50)38-24-23-36-22-21-34-12-4-6-16-40(34)42-18-8-9-19-49(42)56-52-41-17-7-5-13-35(41)25-27-43(52)44(36)32-38/h1-33H/b22-21-. The Morgan fingerprint density at radius 2 is 1.18 bits per heavy atom. The van der Waals surface area contributed by atoms with Gasteiger partial charge in [0, 0.05) is 26.9 Å². The van der Waals surface area contributed by atoms with Crippen LogP contribution in [0.4, 0.5) is 0 Å². The van der Waals surface area contributed by atoms with Crippen LogP contribution in [0.25, 0.3) is 95.3 Å². The highest BCUT2D eigenvalue weighted by molar-refractivity contribution is 7.99. The third kappa shape index (κ3) is 5.45. The predicted octanol–water partition coefficient (Wildman–Crippen LogP) is 14.0. The largest absolute Gasteiger partial charge is 0.292 e. The van der Waals surface area contributed by atoms with Crippen LogP contribution in [0.15, 0.2) is 198 Å². The molecule has 262 valence electrons. The van der Waals surface area contributed by atoms with Crippen molar-refractivity contribution in [2.45, 2.75) is 9.79 Å². The molecule has 0 radical (unpaired) electrons. The Balaban J connectivity index is 1.15. The van der Waals surface area contributed by atoms with E-state index in [-0.39, 0.29) is 0 Å². The van der Waals surface area contributed by atoms with Crippen molar-refractivity contribution >= 4 is 56.6 Å². The molecule has 3 nitrogen and oxygen atoms in total. The molecule has 0 aliphatic carbocycles. The van der Waals surface area contributed by atoms with Crippen LogP contribution in [-0.2, 0) is 0 Å². The van der Waals surface area contributed by atoms with Crippen molar-refractivity contribution in [3.63, 3.8) is 0 Å². The van der Waals surface area contributed by atoms with Gasteiger partial charge in [-0.3, -0.25) is 4.57 Å². The fourth-order valence-corrected chi connectivity index (χ4v) is 9.44. The van der Waals surface area contributed by atoms with E-state index in [0.29, 0.717) is 0 Å². The molecule has 0 amide bonds. The molecule has 10 aromatic rings. The van der Waals surface area contributed by atoms with Crippen LogP contribution in [0, 0.1) is 0 Å². The maximum Gasteiger partial charge on any atom is 0.137 e. The zero-order valence-electron chi connectivity index (χ0n) is 30.3. The molecule has 0 atom stereocenters. The van der Waals surface area contributed by atoms with Crippen molar-refractivity contribution in [1.82, 2.24) is 14.5 Å². The molecule has 0 bridgehead atoms. The molecule has 0 saturated carbocycles. The van der Waals surface area contributed by atoms with Crippen LogP contribution in [-0.4, -0.2) is 14.5 Å². The summed E-state index contributed by atoms with van der Waals surface area (Å²) < 4.78 is 2.23. The number of benzene rings is 7. The van der Waals surface area contributed by atoms with Gasteiger partial charge in [-0.1, -0.05) is 157 Å². The summed E-state index contributed by atoms with van der Waals surface area (Å²) >= 11 is 1.87. The van der Waals surface area contributed by atoms with Crippen molar-refractivity contribution < 1.29 is 0 Å². The molecule has 11 rings (SSSR count). The number of nitrogens with zero attached hydrogens (tertiary/aromatic N) is 3. The summed E-state index contributed by atoms with van der Waals surface area (Å²) in [7, 11) is 0. The number of fused-ring (bicyclic) bond motifs is 11. The maximum absolute atomic E-state index is 5.31. The third-order valence-electron chi connectivity index (χ3n) is 10.9. The first-order chi connectivity index (χ1) is 27.8. The zero-order chi connectivity index (χ0) is 37.0. The van der Waals surface area contributed by atoms with Crippen LogP contribution < -0.4 is 0 Å². The van der Waals surface area contributed by atoms with E-state index in [0.717, 1.165) is 50.1 Å². The highest BCUT2D eigenvalue weighted by Crippen LogP contribution is 2.47. The van der Waals surface area contributed by atoms with E-state index in [4.69, 9.17) is 9.97 Å². The van der Waals surface area contributed by atoms with E-state index >= 15 is 0 Å². The second kappa shape index (κ2) is 13.4. The first-order valence-electron chi connectivity index (χ1n) is 18.9. The van der Waals surface area contributed by atoms with E-state index in [2.05, 4.69) is 181 Å². The Labute approximate surface area is 329 Å². The Morgan fingerprint density at radius 1 is 0.446 bits per heavy atom. The summed E-state index contributed by atoms with van der Waals surface area (Å²) in [6.45, 7) is 0. The lowest BCUT2D eigenvalue weighted by molar-refractivity contribution is 1.08. The van der Waals surface area contributed by atoms with E-state index in [1.165, 1.54) is 53.9 Å². The van der Waals surface area contributed by atoms with Crippen LogP contribution in [0.2, 0.25) is 0 Å². The average molecular weight is 732 g/mol. The lowest BCUT2D eigenvalue weighted by Gasteiger charge is -2.17. The molecule has 4 heterocycles. The summed E-state index contributed by atoms with van der Waals surface area (Å²) in [5, 5.41) is 3.58. The first-order valence-corrected chi connectivity index (χ1v) is 19.7. The molecule has 7 aromatic carbocycles. The number of hydrogen-bond donors (Lipinski definition) is 0. The summed E-state index contributed by atoms with van der Waals surface area (Å²) in [6, 6.07) is 65.3. The van der Waals surface area contributed by atoms with Gasteiger partial charge >= 0.3 is 0 Å². The summed E-state index contributed by atoms with van der Waals surface area (Å²) in [4.78, 5) is 12.6. The molecule has 0 N–H and O–H groups in total. The number of pyridine rings is 2. The van der Waals surface area contributed by atoms with Crippen molar-refractivity contribution in [3.05, 3.63) is 199 Å². The lowest BCUT2D eigenvalue weighted by Crippen LogP contribution is -1.96. The molecule has 56 heavy (non-hydrogen) atoms. The van der Waals surface area contributed by atoms with Gasteiger partial charge in [0.2, 0.25) is 0 Å². The summed E-state index contributed by atoms with van der Waals surface area (Å²) in [6.07, 6.45) is 6.41. The average Bonchev–Trinajstić information content (AvgIpc) is 3.59. The molecular weight excluding hydrogens is 699 g/mol. The molecule has 4 heteroatoms. The molecule has 1 aliphatic heterocycles. The third-order valence-corrected chi connectivity index (χ3v) is 12.1. The van der Waals surface area contributed by atoms with Crippen molar-refractivity contribution in [1.29, 1.82) is 0 Å². The van der Waals surface area contributed by atoms with E-state index in [1.54, 1.807) is 0 Å². The number of aromatic nitrogens is 3. The molecule has 3 aromatic heterocycles. The molecule has 0 unspecified atom stereocenters. The SMILES string of the molecule is C1=C\c2ccc(-c3ccc4c(c3)c3nc(-c5ccccc5)ccc3n4-c3ccccn3)cc2-c2ccc3ccccc3c2Sc2ccccc2-c2ccccc2/1. The first kappa shape index (κ1) is 32.4. The van der Waals surface area contributed by atoms with E-state index in [1.807, 2.05) is 36.2 Å². The molecule has 0 spiro atoms. The van der Waals surface area contributed by atoms with Crippen molar-refractivity contribution in [2.24, 2.45) is 0 Å². The van der Waals surface area contributed by atoms with Gasteiger partial charge in [0.25, 0.3) is 0 Å². The van der Waals surface area contributed by atoms with Gasteiger partial charge < -0.3 is 0 Å². The maximum atomic E-state index is 5.31. The van der Waals surface area contributed by atoms with Gasteiger partial charge in [-0.2, -0.15) is 0 Å². The lowest BCUT2D eigenvalue weighted by atomic mass is 9.92. The number of rotatable bonds is 3. The minimum absolute atomic E-state index is 0.870. The van der Waals surface area contributed by atoms with Crippen LogP contribution >= 0.6 is 11.8 Å². The van der Waals surface area contributed by atoms with Gasteiger partial charge in [-0.25, -0.2) is 9.97 Å². The molecule has 0 saturated heterocycles. The Bertz CT molecular complexity index is 3160. The summed E-state index contributed by atoms with van der Waals surface area (Å²) in [5.41, 5.74) is 14.6. The van der Waals surface area contributed by atoms with E-state index < -0.39 is 0 Å². The predicted molar refractivity (Wildman–Crippen MR) is 235 cm³/mol. The molecule has 0 fully saturated rings. The smallest absolute Gasteiger partial charge is 0.137 e. The second-order valence-corrected chi connectivity index (χ2v) is 15.2. The molecule has 1 aliphatic rings. The Morgan fingerprint density at radius 3 is 2.07 bits per heavy atom. The number of hydrogen-bond acceptors (Lipinski definition) is 3. The monoisotopic (exact) mass is 731 g/mol. The van der Waals surface area contributed by atoms with Gasteiger partial charge in [-0.05, 0) is 104 Å². The highest BCUT2D eigenvalue weighted by Gasteiger charge is 2.20. The molecular formula is C52H33N3S. The quantitative estimate of drug-likeness (QED) is 0.181. The summed E-state index contributed by atoms with van der Waals surface area (Å²) in [5.74, 6) is 0.870. The van der Waals surface area contributed by atoms with Gasteiger partial charge in [0.15, 0.2) is 0 Å². The Kier molecular flexibility index (Phi) is 7.75. The zero-order valence-corrected chi connectivity index (χ0v) is 31.1. The Hall–Kier alpha value is -7.01. The van der Waals surface area contributed by atoms with Crippen LogP contribution in [0.5, 0.6) is 0 Å². The normalized spacial score (nSPS) is 12.7. The minimum Gasteiger partial charge on any atom is -0.292 e. The van der Waals surface area contributed by atoms with Crippen molar-refractivity contribution in [2.75, 3.05) is 0 Å². The van der Waals surface area contributed by atoms with Gasteiger partial charge in [-0.15, -0.1) is 0 Å². The van der Waals surface area contributed by atoms with Gasteiger partial charge in [0.05, 0.1) is 22.2 Å². The highest BCUT2D eigenvalue weighted by atomic mass is 32.2.